The molecule has 0 spiro atoms. The largest absolute Gasteiger partial charge is 0.497 e. The van der Waals surface area contributed by atoms with Gasteiger partial charge >= 0.3 is 0 Å². The minimum Gasteiger partial charge on any atom is -0.497 e. The van der Waals surface area contributed by atoms with Crippen molar-refractivity contribution in [2.75, 3.05) is 44.9 Å². The Morgan fingerprint density at radius 3 is 2.48 bits per heavy atom. The monoisotopic (exact) mass is 337 g/mol. The first-order valence-corrected chi connectivity index (χ1v) is 8.22. The van der Waals surface area contributed by atoms with Gasteiger partial charge in [0.25, 0.3) is 0 Å². The average molecular weight is 337 g/mol. The van der Waals surface area contributed by atoms with Gasteiger partial charge in [-0.05, 0) is 50.5 Å². The van der Waals surface area contributed by atoms with Crippen LogP contribution >= 0.6 is 0 Å². The molecule has 0 amide bonds. The summed E-state index contributed by atoms with van der Waals surface area (Å²) < 4.78 is 5.19. The van der Waals surface area contributed by atoms with Crippen LogP contribution in [-0.2, 0) is 0 Å². The molecule has 1 aromatic heterocycles. The molecule has 0 saturated heterocycles. The van der Waals surface area contributed by atoms with E-state index in [1.807, 2.05) is 48.5 Å². The predicted molar refractivity (Wildman–Crippen MR) is 103 cm³/mol. The second-order valence-corrected chi connectivity index (χ2v) is 6.00. The molecule has 0 aliphatic carbocycles. The van der Waals surface area contributed by atoms with E-state index in [-0.39, 0.29) is 0 Å². The quantitative estimate of drug-likeness (QED) is 0.689. The van der Waals surface area contributed by atoms with Gasteiger partial charge in [0.1, 0.15) is 11.6 Å². The van der Waals surface area contributed by atoms with Crippen LogP contribution in [0.15, 0.2) is 48.5 Å². The van der Waals surface area contributed by atoms with Crippen molar-refractivity contribution in [3.63, 3.8) is 0 Å². The molecule has 0 fully saturated rings. The Hall–Kier alpha value is -2.86. The number of aromatic nitrogens is 2. The lowest BCUT2D eigenvalue weighted by molar-refractivity contribution is 0.415. The standard InChI is InChI=1S/C19H23N5O/c1-24(2)13-12-20-18-16-6-4-5-7-17(16)22-19(23-18)21-14-8-10-15(25-3)11-9-14/h4-11H,12-13H2,1-3H3,(H2,20,21,22,23). The van der Waals surface area contributed by atoms with Crippen molar-refractivity contribution in [2.24, 2.45) is 0 Å². The van der Waals surface area contributed by atoms with Gasteiger partial charge in [0.2, 0.25) is 5.95 Å². The summed E-state index contributed by atoms with van der Waals surface area (Å²) in [4.78, 5) is 11.4. The van der Waals surface area contributed by atoms with E-state index in [4.69, 9.17) is 4.74 Å². The third-order valence-electron chi connectivity index (χ3n) is 3.80. The Kier molecular flexibility index (Phi) is 5.30. The first-order chi connectivity index (χ1) is 12.2. The molecule has 3 rings (SSSR count). The summed E-state index contributed by atoms with van der Waals surface area (Å²) in [5.74, 6) is 2.22. The van der Waals surface area contributed by atoms with Crippen molar-refractivity contribution in [3.05, 3.63) is 48.5 Å². The Labute approximate surface area is 147 Å². The van der Waals surface area contributed by atoms with Crippen molar-refractivity contribution in [1.82, 2.24) is 14.9 Å². The van der Waals surface area contributed by atoms with Gasteiger partial charge in [-0.2, -0.15) is 4.98 Å². The number of likely N-dealkylation sites (N-methyl/N-ethyl adjacent to an activating group) is 1. The molecule has 0 aliphatic heterocycles. The van der Waals surface area contributed by atoms with E-state index < -0.39 is 0 Å². The zero-order valence-electron chi connectivity index (χ0n) is 14.8. The number of nitrogens with one attached hydrogen (secondary N) is 2. The lowest BCUT2D eigenvalue weighted by atomic mass is 10.2. The number of methoxy groups -OCH3 is 1. The number of rotatable bonds is 7. The maximum absolute atomic E-state index is 5.19. The van der Waals surface area contributed by atoms with E-state index in [9.17, 15) is 0 Å². The summed E-state index contributed by atoms with van der Waals surface area (Å²) in [6.07, 6.45) is 0. The fourth-order valence-corrected chi connectivity index (χ4v) is 2.47. The molecule has 6 heteroatoms. The Bertz CT molecular complexity index is 833. The minimum absolute atomic E-state index is 0.566. The van der Waals surface area contributed by atoms with Crippen LogP contribution in [0.4, 0.5) is 17.5 Å². The highest BCUT2D eigenvalue weighted by molar-refractivity contribution is 5.90. The Balaban J connectivity index is 1.86. The van der Waals surface area contributed by atoms with Crippen molar-refractivity contribution < 1.29 is 4.74 Å². The fraction of sp³-hybridized carbons (Fsp3) is 0.263. The summed E-state index contributed by atoms with van der Waals surface area (Å²) >= 11 is 0. The number of ether oxygens (including phenoxy) is 1. The second-order valence-electron chi connectivity index (χ2n) is 6.00. The molecule has 130 valence electrons. The number of hydrogen-bond donors (Lipinski definition) is 2. The first-order valence-electron chi connectivity index (χ1n) is 8.22. The van der Waals surface area contributed by atoms with Crippen LogP contribution in [0.2, 0.25) is 0 Å². The molecular formula is C19H23N5O. The van der Waals surface area contributed by atoms with Crippen LogP contribution in [-0.4, -0.2) is 49.2 Å². The van der Waals surface area contributed by atoms with Gasteiger partial charge in [0.15, 0.2) is 0 Å². The van der Waals surface area contributed by atoms with Gasteiger partial charge in [0.05, 0.1) is 12.6 Å². The van der Waals surface area contributed by atoms with Crippen molar-refractivity contribution in [2.45, 2.75) is 0 Å². The molecule has 0 unspecified atom stereocenters. The van der Waals surface area contributed by atoms with Crippen molar-refractivity contribution in [3.8, 4) is 5.75 Å². The lowest BCUT2D eigenvalue weighted by Gasteiger charge is -2.14. The number of hydrogen-bond acceptors (Lipinski definition) is 6. The SMILES string of the molecule is COc1ccc(Nc2nc(NCCN(C)C)c3ccccc3n2)cc1. The van der Waals surface area contributed by atoms with Gasteiger partial charge in [-0.1, -0.05) is 12.1 Å². The van der Waals surface area contributed by atoms with Gasteiger partial charge in [0, 0.05) is 24.2 Å². The number of para-hydroxylation sites is 1. The van der Waals surface area contributed by atoms with Gasteiger partial charge in [-0.15, -0.1) is 0 Å². The topological polar surface area (TPSA) is 62.3 Å². The highest BCUT2D eigenvalue weighted by Gasteiger charge is 2.08. The van der Waals surface area contributed by atoms with Crippen LogP contribution in [0.3, 0.4) is 0 Å². The molecular weight excluding hydrogens is 314 g/mol. The molecule has 0 radical (unpaired) electrons. The molecule has 0 bridgehead atoms. The molecule has 1 heterocycles. The predicted octanol–water partition coefficient (Wildman–Crippen LogP) is 3.36. The normalized spacial score (nSPS) is 10.9. The zero-order valence-corrected chi connectivity index (χ0v) is 14.8. The smallest absolute Gasteiger partial charge is 0.229 e. The highest BCUT2D eigenvalue weighted by atomic mass is 16.5. The Morgan fingerprint density at radius 2 is 1.76 bits per heavy atom. The summed E-state index contributed by atoms with van der Waals surface area (Å²) in [5.41, 5.74) is 1.82. The number of anilines is 3. The van der Waals surface area contributed by atoms with E-state index in [0.717, 1.165) is 41.2 Å². The number of nitrogens with zero attached hydrogens (tertiary/aromatic N) is 3. The van der Waals surface area contributed by atoms with E-state index in [1.165, 1.54) is 0 Å². The summed E-state index contributed by atoms with van der Waals surface area (Å²) in [7, 11) is 5.76. The third-order valence-corrected chi connectivity index (χ3v) is 3.80. The molecule has 0 atom stereocenters. The van der Waals surface area contributed by atoms with Crippen molar-refractivity contribution in [1.29, 1.82) is 0 Å². The fourth-order valence-electron chi connectivity index (χ4n) is 2.47. The molecule has 6 nitrogen and oxygen atoms in total. The van der Waals surface area contributed by atoms with E-state index >= 15 is 0 Å². The minimum atomic E-state index is 0.566. The maximum Gasteiger partial charge on any atom is 0.229 e. The van der Waals surface area contributed by atoms with Crippen molar-refractivity contribution >= 4 is 28.4 Å². The molecule has 2 aromatic carbocycles. The van der Waals surface area contributed by atoms with Gasteiger partial charge < -0.3 is 20.3 Å². The van der Waals surface area contributed by atoms with E-state index in [2.05, 4.69) is 39.6 Å². The Morgan fingerprint density at radius 1 is 1.00 bits per heavy atom. The number of fused-ring (bicyclic) bond motifs is 1. The number of benzene rings is 2. The van der Waals surface area contributed by atoms with E-state index in [0.29, 0.717) is 5.95 Å². The highest BCUT2D eigenvalue weighted by Crippen LogP contribution is 2.24. The first kappa shape index (κ1) is 17.0. The van der Waals surface area contributed by atoms with Gasteiger partial charge in [-0.25, -0.2) is 4.98 Å². The summed E-state index contributed by atoms with van der Waals surface area (Å²) in [6, 6.07) is 15.7. The zero-order chi connectivity index (χ0) is 17.6. The average Bonchev–Trinajstić information content (AvgIpc) is 2.62. The lowest BCUT2D eigenvalue weighted by Crippen LogP contribution is -2.21. The van der Waals surface area contributed by atoms with Crippen LogP contribution in [0, 0.1) is 0 Å². The molecule has 3 aromatic rings. The maximum atomic E-state index is 5.19. The van der Waals surface area contributed by atoms with E-state index in [1.54, 1.807) is 7.11 Å². The molecule has 2 N–H and O–H groups in total. The van der Waals surface area contributed by atoms with Crippen LogP contribution in [0.5, 0.6) is 5.75 Å². The molecule has 0 aliphatic rings. The second kappa shape index (κ2) is 7.81. The van der Waals surface area contributed by atoms with Crippen LogP contribution < -0.4 is 15.4 Å². The summed E-state index contributed by atoms with van der Waals surface area (Å²) in [6.45, 7) is 1.75. The van der Waals surface area contributed by atoms with Gasteiger partial charge in [-0.3, -0.25) is 0 Å². The van der Waals surface area contributed by atoms with Crippen LogP contribution in [0.25, 0.3) is 10.9 Å². The molecule has 0 saturated carbocycles. The third kappa shape index (κ3) is 4.36. The van der Waals surface area contributed by atoms with Crippen LogP contribution in [0.1, 0.15) is 0 Å². The summed E-state index contributed by atoms with van der Waals surface area (Å²) in [5, 5.41) is 7.68. The molecule has 25 heavy (non-hydrogen) atoms.